The third-order valence-corrected chi connectivity index (χ3v) is 12.3. The van der Waals surface area contributed by atoms with Crippen molar-refractivity contribution in [2.75, 3.05) is 26.2 Å². The average Bonchev–Trinajstić information content (AvgIpc) is 4.04. The van der Waals surface area contributed by atoms with Crippen molar-refractivity contribution < 1.29 is 37.4 Å². The van der Waals surface area contributed by atoms with Gasteiger partial charge in [-0.05, 0) is 112 Å². The number of halogens is 2. The number of carbonyl (C=O) groups excluding carboxylic acids is 4. The molecular formula is C52H48F2N10O6. The van der Waals surface area contributed by atoms with Gasteiger partial charge in [-0.2, -0.15) is 0 Å². The van der Waals surface area contributed by atoms with E-state index in [1.807, 2.05) is 48.5 Å². The van der Waals surface area contributed by atoms with E-state index in [2.05, 4.69) is 39.9 Å². The van der Waals surface area contributed by atoms with E-state index in [0.717, 1.165) is 22.1 Å². The summed E-state index contributed by atoms with van der Waals surface area (Å²) in [6, 6.07) is 28.5. The molecule has 2 aliphatic rings. The molecule has 0 unspecified atom stereocenters. The number of H-pyrrole nitrogens is 2. The second-order valence-corrected chi connectivity index (χ2v) is 17.0. The number of amides is 2. The van der Waals surface area contributed by atoms with Crippen molar-refractivity contribution in [1.29, 1.82) is 0 Å². The van der Waals surface area contributed by atoms with Gasteiger partial charge in [0, 0.05) is 73.9 Å². The summed E-state index contributed by atoms with van der Waals surface area (Å²) < 4.78 is 38.8. The zero-order valence-electron chi connectivity index (χ0n) is 38.3. The first kappa shape index (κ1) is 46.8. The van der Waals surface area contributed by atoms with Crippen LogP contribution in [0.3, 0.4) is 0 Å². The van der Waals surface area contributed by atoms with Gasteiger partial charge >= 0.3 is 0 Å². The zero-order chi connectivity index (χ0) is 48.7. The quantitative estimate of drug-likeness (QED) is 0.110. The Kier molecular flexibility index (Phi) is 14.0. The number of ether oxygens (including phenoxy) is 2. The topological polar surface area (TPSA) is 202 Å². The van der Waals surface area contributed by atoms with Gasteiger partial charge in [0.15, 0.2) is 24.0 Å². The van der Waals surface area contributed by atoms with Gasteiger partial charge in [-0.1, -0.05) is 24.3 Å². The molecule has 16 nitrogen and oxygen atoms in total. The van der Waals surface area contributed by atoms with Crippen molar-refractivity contribution >= 4 is 45.4 Å². The molecule has 18 heteroatoms. The summed E-state index contributed by atoms with van der Waals surface area (Å²) in [6.45, 7) is 4.38. The number of para-hydroxylation sites is 4. The largest absolute Gasteiger partial charge is 0.437 e. The van der Waals surface area contributed by atoms with Gasteiger partial charge in [-0.3, -0.25) is 29.1 Å². The first-order valence-electron chi connectivity index (χ1n) is 23.0. The van der Waals surface area contributed by atoms with E-state index in [0.29, 0.717) is 97.6 Å². The standard InChI is InChI=1S/2C26H24FN5O3/c2*1-16(27)26(34)32-14-10-17(11-15-32)22-25(29-13-12-28-22)35-19-8-6-18(7-9-19)23(33)24-30-20-4-2-3-5-21(20)31-24/h2*2-9,12-13,16-17H,10-11,14-15H2,1H3,(H,30,31)/t2*16-/m10/s1. The number of hydrogen-bond donors (Lipinski definition) is 2. The van der Waals surface area contributed by atoms with Gasteiger partial charge < -0.3 is 29.2 Å². The summed E-state index contributed by atoms with van der Waals surface area (Å²) in [4.78, 5) is 85.2. The smallest absolute Gasteiger partial charge is 0.256 e. The molecule has 2 saturated heterocycles. The van der Waals surface area contributed by atoms with Gasteiger partial charge in [0.1, 0.15) is 22.9 Å². The highest BCUT2D eigenvalue weighted by Crippen LogP contribution is 2.36. The number of benzene rings is 4. The summed E-state index contributed by atoms with van der Waals surface area (Å²) in [6.07, 6.45) is 5.95. The maximum atomic E-state index is 13.4. The summed E-state index contributed by atoms with van der Waals surface area (Å²) >= 11 is 0. The van der Waals surface area contributed by atoms with Crippen LogP contribution >= 0.6 is 0 Å². The number of carbonyl (C=O) groups is 4. The van der Waals surface area contributed by atoms with E-state index in [1.54, 1.807) is 83.1 Å². The molecule has 2 N–H and O–H groups in total. The molecule has 0 radical (unpaired) electrons. The minimum absolute atomic E-state index is 0.0478. The molecule has 2 aliphatic heterocycles. The summed E-state index contributed by atoms with van der Waals surface area (Å²) in [5.41, 5.74) is 5.46. The first-order chi connectivity index (χ1) is 34.0. The zero-order valence-corrected chi connectivity index (χ0v) is 38.3. The Bertz CT molecular complexity index is 2870. The fourth-order valence-electron chi connectivity index (χ4n) is 8.61. The molecule has 4 aromatic heterocycles. The fourth-order valence-corrected chi connectivity index (χ4v) is 8.61. The SMILES string of the molecule is C[C@@H](F)C(=O)N1CCC(c2nccnc2Oc2ccc(C(=O)c3nc4ccccc4[nH]3)cc2)CC1.C[C@H](F)C(=O)N1CCC(c2nccnc2Oc2ccc(C(=O)c3nc4ccccc4[nH]3)cc2)CC1. The Morgan fingerprint density at radius 3 is 1.24 bits per heavy atom. The van der Waals surface area contributed by atoms with Crippen LogP contribution in [-0.4, -0.2) is 112 Å². The van der Waals surface area contributed by atoms with Crippen LogP contribution in [0.1, 0.15) is 95.1 Å². The summed E-state index contributed by atoms with van der Waals surface area (Å²) in [5, 5.41) is 0. The van der Waals surface area contributed by atoms with E-state index in [1.165, 1.54) is 13.8 Å². The third kappa shape index (κ3) is 10.5. The highest BCUT2D eigenvalue weighted by atomic mass is 19.1. The van der Waals surface area contributed by atoms with Gasteiger partial charge in [0.25, 0.3) is 11.8 Å². The monoisotopic (exact) mass is 946 g/mol. The van der Waals surface area contributed by atoms with Crippen LogP contribution in [-0.2, 0) is 9.59 Å². The second-order valence-electron chi connectivity index (χ2n) is 17.0. The number of nitrogens with zero attached hydrogens (tertiary/aromatic N) is 8. The van der Waals surface area contributed by atoms with Crippen molar-refractivity contribution in [2.24, 2.45) is 0 Å². The van der Waals surface area contributed by atoms with Crippen LogP contribution < -0.4 is 9.47 Å². The lowest BCUT2D eigenvalue weighted by Gasteiger charge is -2.32. The third-order valence-electron chi connectivity index (χ3n) is 12.3. The highest BCUT2D eigenvalue weighted by Gasteiger charge is 2.31. The molecule has 70 heavy (non-hydrogen) atoms. The van der Waals surface area contributed by atoms with E-state index in [9.17, 15) is 28.0 Å². The van der Waals surface area contributed by atoms with Crippen LogP contribution in [0.15, 0.2) is 122 Å². The molecule has 4 aromatic carbocycles. The molecular weight excluding hydrogens is 899 g/mol. The van der Waals surface area contributed by atoms with Crippen LogP contribution in [0.4, 0.5) is 8.78 Å². The minimum Gasteiger partial charge on any atom is -0.437 e. The van der Waals surface area contributed by atoms with E-state index >= 15 is 0 Å². The van der Waals surface area contributed by atoms with Crippen LogP contribution in [0.25, 0.3) is 22.1 Å². The van der Waals surface area contributed by atoms with Crippen molar-refractivity contribution in [3.8, 4) is 23.3 Å². The number of alkyl halides is 2. The van der Waals surface area contributed by atoms with Crippen molar-refractivity contribution in [3.63, 3.8) is 0 Å². The van der Waals surface area contributed by atoms with Crippen molar-refractivity contribution in [1.82, 2.24) is 49.7 Å². The van der Waals surface area contributed by atoms with E-state index in [-0.39, 0.29) is 35.1 Å². The number of imidazole rings is 2. The molecule has 0 saturated carbocycles. The lowest BCUT2D eigenvalue weighted by Crippen LogP contribution is -2.41. The summed E-state index contributed by atoms with van der Waals surface area (Å²) in [7, 11) is 0. The Labute approximate surface area is 400 Å². The lowest BCUT2D eigenvalue weighted by molar-refractivity contribution is -0.137. The molecule has 2 fully saturated rings. The minimum atomic E-state index is -1.50. The lowest BCUT2D eigenvalue weighted by atomic mass is 9.93. The first-order valence-corrected chi connectivity index (χ1v) is 23.0. The number of hydrogen-bond acceptors (Lipinski definition) is 12. The number of ketones is 2. The highest BCUT2D eigenvalue weighted by molar-refractivity contribution is 6.08. The predicted octanol–water partition coefficient (Wildman–Crippen LogP) is 8.88. The molecule has 8 aromatic rings. The number of fused-ring (bicyclic) bond motifs is 2. The number of piperidine rings is 2. The van der Waals surface area contributed by atoms with Crippen LogP contribution in [0.2, 0.25) is 0 Å². The maximum Gasteiger partial charge on any atom is 0.256 e. The number of rotatable bonds is 12. The van der Waals surface area contributed by atoms with E-state index < -0.39 is 24.2 Å². The van der Waals surface area contributed by atoms with Gasteiger partial charge in [-0.15, -0.1) is 0 Å². The Hall–Kier alpha value is -8.28. The van der Waals surface area contributed by atoms with Crippen LogP contribution in [0, 0.1) is 0 Å². The number of aromatic nitrogens is 8. The summed E-state index contributed by atoms with van der Waals surface area (Å²) in [5.74, 6) is 1.09. The van der Waals surface area contributed by atoms with Gasteiger partial charge in [-0.25, -0.2) is 28.7 Å². The van der Waals surface area contributed by atoms with Crippen molar-refractivity contribution in [3.05, 3.63) is 156 Å². The Balaban J connectivity index is 0.000000174. The predicted molar refractivity (Wildman–Crippen MR) is 254 cm³/mol. The molecule has 2 amide bonds. The van der Waals surface area contributed by atoms with Gasteiger partial charge in [0.2, 0.25) is 23.3 Å². The molecule has 2 atom stereocenters. The molecule has 6 heterocycles. The molecule has 10 rings (SSSR count). The second kappa shape index (κ2) is 20.9. The van der Waals surface area contributed by atoms with Gasteiger partial charge in [0.05, 0.1) is 22.1 Å². The fraction of sp³-hybridized carbons (Fsp3) is 0.269. The molecule has 356 valence electrons. The van der Waals surface area contributed by atoms with Crippen LogP contribution in [0.5, 0.6) is 23.3 Å². The molecule has 0 spiro atoms. The Morgan fingerprint density at radius 2 is 0.886 bits per heavy atom. The number of nitrogens with one attached hydrogen (secondary N) is 2. The van der Waals surface area contributed by atoms with E-state index in [4.69, 9.17) is 9.47 Å². The normalized spacial score (nSPS) is 15.2. The molecule has 0 bridgehead atoms. The number of aromatic amines is 2. The average molecular weight is 947 g/mol. The molecule has 0 aliphatic carbocycles. The Morgan fingerprint density at radius 1 is 0.529 bits per heavy atom. The number of likely N-dealkylation sites (tertiary alicyclic amines) is 2. The maximum absolute atomic E-state index is 13.4. The van der Waals surface area contributed by atoms with Crippen molar-refractivity contribution in [2.45, 2.75) is 63.7 Å².